The average molecular weight is 408 g/mol. The lowest BCUT2D eigenvalue weighted by Gasteiger charge is -2.12. The Hall–Kier alpha value is -0.580. The molecule has 19 heavy (non-hydrogen) atoms. The number of hydrogen-bond donors (Lipinski definition) is 1. The Bertz CT molecular complexity index is 617. The summed E-state index contributed by atoms with van der Waals surface area (Å²) < 4.78 is 15.0. The first-order chi connectivity index (χ1) is 8.97. The zero-order valence-corrected chi connectivity index (χ0v) is 14.0. The maximum absolute atomic E-state index is 13.2. The molecule has 0 spiro atoms. The number of aryl methyl sites for hydroxylation is 1. The summed E-state index contributed by atoms with van der Waals surface area (Å²) in [5, 5.41) is 3.94. The molecule has 0 radical (unpaired) electrons. The van der Waals surface area contributed by atoms with E-state index in [1.165, 1.54) is 12.1 Å². The highest BCUT2D eigenvalue weighted by Crippen LogP contribution is 2.30. The molecule has 1 N–H and O–H groups in total. The van der Waals surface area contributed by atoms with E-state index < -0.39 is 0 Å². The van der Waals surface area contributed by atoms with Crippen LogP contribution in [0, 0.1) is 12.7 Å². The third-order valence-corrected chi connectivity index (χ3v) is 4.56. The monoisotopic (exact) mass is 405 g/mol. The maximum atomic E-state index is 13.2. The molecule has 0 aliphatic rings. The van der Waals surface area contributed by atoms with Gasteiger partial charge in [0.15, 0.2) is 0 Å². The first-order valence-electron chi connectivity index (χ1n) is 5.61. The normalized spacial score (nSPS) is 10.6. The van der Waals surface area contributed by atoms with Gasteiger partial charge in [0.05, 0.1) is 5.69 Å². The van der Waals surface area contributed by atoms with Crippen LogP contribution in [0.25, 0.3) is 0 Å². The van der Waals surface area contributed by atoms with Crippen LogP contribution in [0.2, 0.25) is 5.02 Å². The lowest BCUT2D eigenvalue weighted by Crippen LogP contribution is -2.01. The standard InChI is InChI=1S/C14H11Br2ClFN/c1-8-4-12(16)14(6-13(8)17)19-7-9-5-10(18)2-3-11(9)15/h2-6,19H,7H2,1H3. The van der Waals surface area contributed by atoms with E-state index in [1.807, 2.05) is 19.1 Å². The van der Waals surface area contributed by atoms with E-state index >= 15 is 0 Å². The van der Waals surface area contributed by atoms with Crippen LogP contribution in [-0.2, 0) is 6.54 Å². The van der Waals surface area contributed by atoms with Gasteiger partial charge in [-0.05, 0) is 64.3 Å². The van der Waals surface area contributed by atoms with Crippen molar-refractivity contribution in [1.82, 2.24) is 0 Å². The fourth-order valence-corrected chi connectivity index (χ4v) is 2.80. The molecule has 1 nitrogen and oxygen atoms in total. The van der Waals surface area contributed by atoms with Crippen molar-refractivity contribution >= 4 is 49.1 Å². The molecule has 0 fully saturated rings. The molecule has 2 aromatic rings. The van der Waals surface area contributed by atoms with Crippen LogP contribution < -0.4 is 5.32 Å². The lowest BCUT2D eigenvalue weighted by atomic mass is 10.2. The van der Waals surface area contributed by atoms with Gasteiger partial charge < -0.3 is 5.32 Å². The molecule has 0 saturated heterocycles. The Morgan fingerprint density at radius 1 is 1.16 bits per heavy atom. The Balaban J connectivity index is 2.19. The van der Waals surface area contributed by atoms with Gasteiger partial charge in [0.2, 0.25) is 0 Å². The summed E-state index contributed by atoms with van der Waals surface area (Å²) in [4.78, 5) is 0. The molecular formula is C14H11Br2ClFN. The SMILES string of the molecule is Cc1cc(Br)c(NCc2cc(F)ccc2Br)cc1Cl. The van der Waals surface area contributed by atoms with E-state index in [0.29, 0.717) is 11.6 Å². The molecule has 0 aromatic heterocycles. The molecular weight excluding hydrogens is 396 g/mol. The van der Waals surface area contributed by atoms with Crippen LogP contribution in [0.15, 0.2) is 39.3 Å². The Kier molecular flexibility index (Phi) is 4.87. The molecule has 0 unspecified atom stereocenters. The number of anilines is 1. The van der Waals surface area contributed by atoms with E-state index in [1.54, 1.807) is 6.07 Å². The highest BCUT2D eigenvalue weighted by atomic mass is 79.9. The molecule has 0 aliphatic heterocycles. The van der Waals surface area contributed by atoms with E-state index in [2.05, 4.69) is 37.2 Å². The summed E-state index contributed by atoms with van der Waals surface area (Å²) in [6.45, 7) is 2.45. The molecule has 0 saturated carbocycles. The average Bonchev–Trinajstić information content (AvgIpc) is 2.36. The van der Waals surface area contributed by atoms with Gasteiger partial charge in [-0.25, -0.2) is 4.39 Å². The van der Waals surface area contributed by atoms with E-state index in [4.69, 9.17) is 11.6 Å². The number of hydrogen-bond acceptors (Lipinski definition) is 1. The van der Waals surface area contributed by atoms with E-state index in [9.17, 15) is 4.39 Å². The van der Waals surface area contributed by atoms with Crippen LogP contribution >= 0.6 is 43.5 Å². The first-order valence-corrected chi connectivity index (χ1v) is 7.57. The predicted octanol–water partition coefficient (Wildman–Crippen LogP) is 5.92. The Labute approximate surface area is 133 Å². The minimum Gasteiger partial charge on any atom is -0.380 e. The Morgan fingerprint density at radius 2 is 1.89 bits per heavy atom. The fourth-order valence-electron chi connectivity index (χ4n) is 1.65. The second-order valence-electron chi connectivity index (χ2n) is 4.17. The minimum atomic E-state index is -0.249. The third kappa shape index (κ3) is 3.71. The van der Waals surface area contributed by atoms with Gasteiger partial charge >= 0.3 is 0 Å². The number of halogens is 4. The van der Waals surface area contributed by atoms with Gasteiger partial charge in [0.25, 0.3) is 0 Å². The molecule has 0 bridgehead atoms. The topological polar surface area (TPSA) is 12.0 Å². The summed E-state index contributed by atoms with van der Waals surface area (Å²) >= 11 is 13.0. The van der Waals surface area contributed by atoms with Crippen molar-refractivity contribution in [3.8, 4) is 0 Å². The molecule has 0 amide bonds. The fraction of sp³-hybridized carbons (Fsp3) is 0.143. The molecule has 0 heterocycles. The first kappa shape index (κ1) is 14.8. The predicted molar refractivity (Wildman–Crippen MR) is 85.3 cm³/mol. The summed E-state index contributed by atoms with van der Waals surface area (Å²) in [6.07, 6.45) is 0. The zero-order valence-electron chi connectivity index (χ0n) is 10.1. The molecule has 2 rings (SSSR count). The van der Waals surface area contributed by atoms with Crippen molar-refractivity contribution in [2.45, 2.75) is 13.5 Å². The van der Waals surface area contributed by atoms with Crippen LogP contribution in [0.4, 0.5) is 10.1 Å². The zero-order chi connectivity index (χ0) is 14.0. The summed E-state index contributed by atoms with van der Waals surface area (Å²) in [5.74, 6) is -0.249. The van der Waals surface area contributed by atoms with Crippen LogP contribution in [0.1, 0.15) is 11.1 Å². The van der Waals surface area contributed by atoms with Gasteiger partial charge in [0.1, 0.15) is 5.82 Å². The van der Waals surface area contributed by atoms with Crippen LogP contribution in [-0.4, -0.2) is 0 Å². The van der Waals surface area contributed by atoms with Crippen molar-refractivity contribution in [3.05, 3.63) is 61.2 Å². The van der Waals surface area contributed by atoms with E-state index in [-0.39, 0.29) is 5.82 Å². The smallest absolute Gasteiger partial charge is 0.123 e. The van der Waals surface area contributed by atoms with Crippen molar-refractivity contribution in [2.75, 3.05) is 5.32 Å². The summed E-state index contributed by atoms with van der Waals surface area (Å²) in [5.41, 5.74) is 2.74. The number of nitrogens with one attached hydrogen (secondary N) is 1. The van der Waals surface area contributed by atoms with E-state index in [0.717, 1.165) is 25.8 Å². The van der Waals surface area contributed by atoms with Gasteiger partial charge in [0, 0.05) is 20.5 Å². The quantitative estimate of drug-likeness (QED) is 0.665. The lowest BCUT2D eigenvalue weighted by molar-refractivity contribution is 0.625. The van der Waals surface area contributed by atoms with Crippen LogP contribution in [0.5, 0.6) is 0 Å². The third-order valence-electron chi connectivity index (χ3n) is 2.73. The summed E-state index contributed by atoms with van der Waals surface area (Å²) in [7, 11) is 0. The summed E-state index contributed by atoms with van der Waals surface area (Å²) in [6, 6.07) is 8.43. The molecule has 0 atom stereocenters. The number of rotatable bonds is 3. The Morgan fingerprint density at radius 3 is 2.63 bits per heavy atom. The van der Waals surface area contributed by atoms with Gasteiger partial charge in [-0.3, -0.25) is 0 Å². The van der Waals surface area contributed by atoms with Crippen molar-refractivity contribution in [3.63, 3.8) is 0 Å². The maximum Gasteiger partial charge on any atom is 0.123 e. The molecule has 2 aromatic carbocycles. The van der Waals surface area contributed by atoms with Crippen molar-refractivity contribution in [1.29, 1.82) is 0 Å². The molecule has 0 aliphatic carbocycles. The van der Waals surface area contributed by atoms with Gasteiger partial charge in [-0.15, -0.1) is 0 Å². The minimum absolute atomic E-state index is 0.249. The molecule has 100 valence electrons. The van der Waals surface area contributed by atoms with Crippen molar-refractivity contribution < 1.29 is 4.39 Å². The van der Waals surface area contributed by atoms with Gasteiger partial charge in [-0.1, -0.05) is 27.5 Å². The number of benzene rings is 2. The second kappa shape index (κ2) is 6.25. The van der Waals surface area contributed by atoms with Crippen LogP contribution in [0.3, 0.4) is 0 Å². The van der Waals surface area contributed by atoms with Crippen molar-refractivity contribution in [2.24, 2.45) is 0 Å². The highest BCUT2D eigenvalue weighted by molar-refractivity contribution is 9.11. The second-order valence-corrected chi connectivity index (χ2v) is 6.29. The van der Waals surface area contributed by atoms with Gasteiger partial charge in [-0.2, -0.15) is 0 Å². The largest absolute Gasteiger partial charge is 0.380 e. The molecule has 5 heteroatoms. The highest BCUT2D eigenvalue weighted by Gasteiger charge is 2.06.